The van der Waals surface area contributed by atoms with E-state index in [4.69, 9.17) is 9.83 Å². The summed E-state index contributed by atoms with van der Waals surface area (Å²) in [4.78, 5) is 0.173. The normalized spacial score (nSPS) is 10.9. The standard InChI is InChI=1S/C9H9NO2S/c1-4-3-6(11)5(2)8-7(4)12-9(10)13-8/h3,10-11H,1-2H3. The van der Waals surface area contributed by atoms with Gasteiger partial charge in [-0.2, -0.15) is 0 Å². The van der Waals surface area contributed by atoms with Crippen LogP contribution >= 0.6 is 11.3 Å². The van der Waals surface area contributed by atoms with Crippen LogP contribution in [0.3, 0.4) is 0 Å². The summed E-state index contributed by atoms with van der Waals surface area (Å²) in [6.07, 6.45) is 0. The molecule has 4 heteroatoms. The SMILES string of the molecule is Cc1cc(O)c(C)c2sc(=N)oc12. The first-order valence-corrected chi connectivity index (χ1v) is 4.68. The highest BCUT2D eigenvalue weighted by molar-refractivity contribution is 7.16. The molecule has 1 heterocycles. The molecule has 1 aromatic carbocycles. The Labute approximate surface area is 78.8 Å². The third-order valence-corrected chi connectivity index (χ3v) is 3.00. The number of hydrogen-bond donors (Lipinski definition) is 2. The van der Waals surface area contributed by atoms with E-state index in [2.05, 4.69) is 0 Å². The molecule has 0 saturated carbocycles. The molecular weight excluding hydrogens is 186 g/mol. The lowest BCUT2D eigenvalue weighted by Gasteiger charge is -2.00. The summed E-state index contributed by atoms with van der Waals surface area (Å²) in [7, 11) is 0. The predicted octanol–water partition coefficient (Wildman–Crippen LogP) is 2.30. The second-order valence-corrected chi connectivity index (χ2v) is 3.97. The quantitative estimate of drug-likeness (QED) is 0.677. The highest BCUT2D eigenvalue weighted by Gasteiger charge is 2.10. The van der Waals surface area contributed by atoms with E-state index in [1.807, 2.05) is 13.8 Å². The maximum absolute atomic E-state index is 9.51. The van der Waals surface area contributed by atoms with Crippen LogP contribution in [0.25, 0.3) is 10.3 Å². The third-order valence-electron chi connectivity index (χ3n) is 2.03. The molecule has 0 fully saturated rings. The molecule has 0 aliphatic carbocycles. The zero-order valence-electron chi connectivity index (χ0n) is 7.34. The van der Waals surface area contributed by atoms with Crippen molar-refractivity contribution < 1.29 is 9.52 Å². The molecule has 0 unspecified atom stereocenters. The van der Waals surface area contributed by atoms with Crippen LogP contribution in [0.1, 0.15) is 11.1 Å². The van der Waals surface area contributed by atoms with Crippen molar-refractivity contribution in [3.63, 3.8) is 0 Å². The van der Waals surface area contributed by atoms with E-state index in [0.29, 0.717) is 5.58 Å². The number of phenols is 1. The lowest BCUT2D eigenvalue weighted by Crippen LogP contribution is -1.81. The molecule has 0 bridgehead atoms. The maximum Gasteiger partial charge on any atom is 0.271 e. The average Bonchev–Trinajstić information content (AvgIpc) is 2.44. The largest absolute Gasteiger partial charge is 0.508 e. The van der Waals surface area contributed by atoms with Crippen LogP contribution in [0, 0.1) is 19.3 Å². The number of nitrogens with one attached hydrogen (secondary N) is 1. The van der Waals surface area contributed by atoms with Crippen molar-refractivity contribution in [1.29, 1.82) is 5.41 Å². The molecule has 0 atom stereocenters. The van der Waals surface area contributed by atoms with Crippen LogP contribution in [0.5, 0.6) is 5.75 Å². The van der Waals surface area contributed by atoms with E-state index in [1.54, 1.807) is 6.07 Å². The minimum Gasteiger partial charge on any atom is -0.508 e. The van der Waals surface area contributed by atoms with Crippen molar-refractivity contribution in [2.45, 2.75) is 13.8 Å². The number of benzene rings is 1. The molecule has 0 amide bonds. The Kier molecular flexibility index (Phi) is 1.66. The van der Waals surface area contributed by atoms with Gasteiger partial charge in [-0.3, -0.25) is 5.41 Å². The number of aryl methyl sites for hydroxylation is 2. The van der Waals surface area contributed by atoms with E-state index < -0.39 is 0 Å². The molecule has 3 nitrogen and oxygen atoms in total. The van der Waals surface area contributed by atoms with Crippen molar-refractivity contribution in [2.24, 2.45) is 0 Å². The van der Waals surface area contributed by atoms with Crippen molar-refractivity contribution >= 4 is 21.6 Å². The van der Waals surface area contributed by atoms with Gasteiger partial charge in [0.05, 0.1) is 4.70 Å². The number of hydrogen-bond acceptors (Lipinski definition) is 4. The van der Waals surface area contributed by atoms with Crippen LogP contribution < -0.4 is 4.87 Å². The first-order chi connectivity index (χ1) is 6.09. The van der Waals surface area contributed by atoms with Gasteiger partial charge in [0, 0.05) is 5.56 Å². The van der Waals surface area contributed by atoms with E-state index in [1.165, 1.54) is 11.3 Å². The fourth-order valence-corrected chi connectivity index (χ4v) is 2.16. The minimum absolute atomic E-state index is 0.173. The molecule has 0 saturated heterocycles. The molecule has 0 aliphatic heterocycles. The van der Waals surface area contributed by atoms with Gasteiger partial charge < -0.3 is 9.52 Å². The van der Waals surface area contributed by atoms with Gasteiger partial charge in [0.25, 0.3) is 4.87 Å². The smallest absolute Gasteiger partial charge is 0.271 e. The highest BCUT2D eigenvalue weighted by Crippen LogP contribution is 2.30. The number of aromatic hydroxyl groups is 1. The van der Waals surface area contributed by atoms with Crippen molar-refractivity contribution in [2.75, 3.05) is 0 Å². The van der Waals surface area contributed by atoms with Crippen LogP contribution in [0.2, 0.25) is 0 Å². The number of rotatable bonds is 0. The summed E-state index contributed by atoms with van der Waals surface area (Å²) in [6, 6.07) is 1.66. The van der Waals surface area contributed by atoms with Gasteiger partial charge >= 0.3 is 0 Å². The first-order valence-electron chi connectivity index (χ1n) is 3.87. The van der Waals surface area contributed by atoms with Gasteiger partial charge in [-0.25, -0.2) is 0 Å². The Morgan fingerprint density at radius 1 is 1.46 bits per heavy atom. The van der Waals surface area contributed by atoms with E-state index in [-0.39, 0.29) is 10.6 Å². The van der Waals surface area contributed by atoms with Crippen LogP contribution in [-0.2, 0) is 0 Å². The summed E-state index contributed by atoms with van der Waals surface area (Å²) in [5.74, 6) is 0.266. The molecule has 0 aliphatic rings. The second kappa shape index (κ2) is 2.60. The zero-order valence-corrected chi connectivity index (χ0v) is 8.16. The summed E-state index contributed by atoms with van der Waals surface area (Å²) >= 11 is 1.25. The van der Waals surface area contributed by atoms with Crippen molar-refractivity contribution in [3.05, 3.63) is 22.1 Å². The summed E-state index contributed by atoms with van der Waals surface area (Å²) in [5, 5.41) is 16.9. The first kappa shape index (κ1) is 8.31. The fourth-order valence-electron chi connectivity index (χ4n) is 1.30. The highest BCUT2D eigenvalue weighted by atomic mass is 32.1. The molecule has 2 N–H and O–H groups in total. The molecule has 13 heavy (non-hydrogen) atoms. The van der Waals surface area contributed by atoms with Crippen molar-refractivity contribution in [3.8, 4) is 5.75 Å². The van der Waals surface area contributed by atoms with Crippen LogP contribution in [-0.4, -0.2) is 5.11 Å². The van der Waals surface area contributed by atoms with Gasteiger partial charge in [-0.1, -0.05) is 11.3 Å². The maximum atomic E-state index is 9.51. The predicted molar refractivity (Wildman–Crippen MR) is 51.1 cm³/mol. The van der Waals surface area contributed by atoms with E-state index in [9.17, 15) is 5.11 Å². The van der Waals surface area contributed by atoms with Crippen molar-refractivity contribution in [1.82, 2.24) is 0 Å². The molecule has 1 aromatic heterocycles. The van der Waals surface area contributed by atoms with E-state index >= 15 is 0 Å². The Morgan fingerprint density at radius 2 is 2.15 bits per heavy atom. The summed E-state index contributed by atoms with van der Waals surface area (Å²) in [5.41, 5.74) is 2.37. The van der Waals surface area contributed by atoms with Gasteiger partial charge in [0.2, 0.25) is 0 Å². The zero-order chi connectivity index (χ0) is 9.59. The average molecular weight is 195 g/mol. The molecule has 68 valence electrons. The van der Waals surface area contributed by atoms with Gasteiger partial charge in [0.1, 0.15) is 5.75 Å². The Bertz CT molecular complexity index is 524. The molecular formula is C9H9NO2S. The molecule has 0 radical (unpaired) electrons. The lowest BCUT2D eigenvalue weighted by atomic mass is 10.1. The third kappa shape index (κ3) is 1.14. The van der Waals surface area contributed by atoms with Gasteiger partial charge in [-0.05, 0) is 25.5 Å². The monoisotopic (exact) mass is 195 g/mol. The molecule has 2 aromatic rings. The fraction of sp³-hybridized carbons (Fsp3) is 0.222. The van der Waals surface area contributed by atoms with Crippen LogP contribution in [0.4, 0.5) is 0 Å². The Balaban J connectivity index is 3.04. The lowest BCUT2D eigenvalue weighted by molar-refractivity contribution is 0.471. The molecule has 2 rings (SSSR count). The van der Waals surface area contributed by atoms with Gasteiger partial charge in [-0.15, -0.1) is 0 Å². The number of fused-ring (bicyclic) bond motifs is 1. The Hall–Kier alpha value is -1.29. The minimum atomic E-state index is 0.173. The topological polar surface area (TPSA) is 57.2 Å². The number of phenolic OH excluding ortho intramolecular Hbond substituents is 1. The van der Waals surface area contributed by atoms with Crippen LogP contribution in [0.15, 0.2) is 10.5 Å². The summed E-state index contributed by atoms with van der Waals surface area (Å²) < 4.78 is 6.07. The van der Waals surface area contributed by atoms with Gasteiger partial charge in [0.15, 0.2) is 5.58 Å². The van der Waals surface area contributed by atoms with E-state index in [0.717, 1.165) is 15.8 Å². The second-order valence-electron chi connectivity index (χ2n) is 2.99. The summed E-state index contributed by atoms with van der Waals surface area (Å²) in [6.45, 7) is 3.68. The Morgan fingerprint density at radius 3 is 2.85 bits per heavy atom. The molecule has 0 spiro atoms.